The molecule has 0 amide bonds. The largest absolute Gasteiger partial charge is 0.494 e. The van der Waals surface area contributed by atoms with E-state index in [1.165, 1.54) is 0 Å². The summed E-state index contributed by atoms with van der Waals surface area (Å²) in [7, 11) is 4.69. The molecule has 1 aliphatic heterocycles. The highest BCUT2D eigenvalue weighted by molar-refractivity contribution is 7.83. The van der Waals surface area contributed by atoms with E-state index in [1.807, 2.05) is 49.5 Å². The highest BCUT2D eigenvalue weighted by atomic mass is 35.5. The van der Waals surface area contributed by atoms with Gasteiger partial charge in [-0.3, -0.25) is 3.97 Å². The van der Waals surface area contributed by atoms with Gasteiger partial charge in [0.25, 0.3) is 0 Å². The summed E-state index contributed by atoms with van der Waals surface area (Å²) in [6, 6.07) is 12.2. The fraction of sp³-hybridized carbons (Fsp3) is 0.357. The summed E-state index contributed by atoms with van der Waals surface area (Å²) in [4.78, 5) is 13.7. The third-order valence-electron chi connectivity index (χ3n) is 7.19. The maximum absolute atomic E-state index is 12.7. The monoisotopic (exact) mass is 586 g/mol. The Morgan fingerprint density at radius 2 is 1.90 bits per heavy atom. The molecule has 0 saturated carbocycles. The van der Waals surface area contributed by atoms with E-state index < -0.39 is 11.0 Å². The molecular weight excluding hydrogens is 555 g/mol. The lowest BCUT2D eigenvalue weighted by Crippen LogP contribution is -2.42. The van der Waals surface area contributed by atoms with Crippen molar-refractivity contribution in [3.8, 4) is 17.0 Å². The topological polar surface area (TPSA) is 75.5 Å². The van der Waals surface area contributed by atoms with Crippen LogP contribution in [0, 0.1) is 0 Å². The summed E-state index contributed by atoms with van der Waals surface area (Å²) < 4.78 is 20.2. The zero-order valence-electron chi connectivity index (χ0n) is 22.4. The van der Waals surface area contributed by atoms with E-state index in [2.05, 4.69) is 34.2 Å². The molecule has 0 spiro atoms. The Morgan fingerprint density at radius 3 is 2.59 bits per heavy atom. The van der Waals surface area contributed by atoms with Gasteiger partial charge >= 0.3 is 0 Å². The Hall–Kier alpha value is -2.85. The molecule has 0 radical (unpaired) electrons. The predicted octanol–water partition coefficient (Wildman–Crippen LogP) is 6.22. The number of methoxy groups -OCH3 is 1. The summed E-state index contributed by atoms with van der Waals surface area (Å²) in [6.45, 7) is 3.75. The summed E-state index contributed by atoms with van der Waals surface area (Å²) in [5.74, 6) is 1.48. The molecule has 0 bridgehead atoms. The SMILES string of the molecule is CCS(=O)n1cc(-c2nc(Nc3cc(Cl)c(N4CCC(N(C)C)CC4)cc3OC)ncc2Cl)c2ccccc21. The lowest BCUT2D eigenvalue weighted by atomic mass is 10.0. The average Bonchev–Trinajstić information content (AvgIpc) is 3.33. The second-order valence-corrected chi connectivity index (χ2v) is 12.1. The van der Waals surface area contributed by atoms with Crippen molar-refractivity contribution in [2.24, 2.45) is 0 Å². The van der Waals surface area contributed by atoms with Crippen LogP contribution < -0.4 is 15.0 Å². The molecular formula is C28H32Cl2N6O2S. The van der Waals surface area contributed by atoms with Crippen LogP contribution in [-0.2, 0) is 11.0 Å². The van der Waals surface area contributed by atoms with E-state index in [0.29, 0.717) is 44.9 Å². The Labute approximate surface area is 241 Å². The van der Waals surface area contributed by atoms with Gasteiger partial charge in [-0.15, -0.1) is 0 Å². The molecule has 11 heteroatoms. The van der Waals surface area contributed by atoms with E-state index in [1.54, 1.807) is 17.3 Å². The first-order chi connectivity index (χ1) is 18.8. The molecule has 1 aliphatic rings. The Bertz CT molecular complexity index is 1520. The molecule has 206 valence electrons. The van der Waals surface area contributed by atoms with Crippen LogP contribution in [0.1, 0.15) is 19.8 Å². The van der Waals surface area contributed by atoms with Gasteiger partial charge in [0, 0.05) is 48.1 Å². The van der Waals surface area contributed by atoms with Crippen LogP contribution in [0.4, 0.5) is 17.3 Å². The van der Waals surface area contributed by atoms with Crippen molar-refractivity contribution >= 4 is 62.4 Å². The van der Waals surface area contributed by atoms with Gasteiger partial charge in [-0.2, -0.15) is 0 Å². The van der Waals surface area contributed by atoms with Gasteiger partial charge in [0.05, 0.1) is 45.9 Å². The van der Waals surface area contributed by atoms with Gasteiger partial charge in [-0.05, 0) is 39.1 Å². The van der Waals surface area contributed by atoms with E-state index in [-0.39, 0.29) is 0 Å². The van der Waals surface area contributed by atoms with Gasteiger partial charge in [0.15, 0.2) is 0 Å². The first-order valence-corrected chi connectivity index (χ1v) is 14.9. The molecule has 2 aromatic carbocycles. The fourth-order valence-electron chi connectivity index (χ4n) is 5.06. The van der Waals surface area contributed by atoms with Crippen LogP contribution >= 0.6 is 23.2 Å². The van der Waals surface area contributed by atoms with Gasteiger partial charge in [-0.1, -0.05) is 48.3 Å². The Morgan fingerprint density at radius 1 is 1.15 bits per heavy atom. The maximum atomic E-state index is 12.7. The second-order valence-electron chi connectivity index (χ2n) is 9.70. The number of halogens is 2. The molecule has 8 nitrogen and oxygen atoms in total. The summed E-state index contributed by atoms with van der Waals surface area (Å²) in [5.41, 5.74) is 3.78. The zero-order valence-corrected chi connectivity index (χ0v) is 24.8. The number of hydrogen-bond acceptors (Lipinski definition) is 7. The smallest absolute Gasteiger partial charge is 0.227 e. The van der Waals surface area contributed by atoms with Crippen molar-refractivity contribution in [1.29, 1.82) is 0 Å². The molecule has 0 aliphatic carbocycles. The fourth-order valence-corrected chi connectivity index (χ4v) is 6.41. The molecule has 1 unspecified atom stereocenters. The number of benzene rings is 2. The molecule has 39 heavy (non-hydrogen) atoms. The van der Waals surface area contributed by atoms with Crippen LogP contribution in [0.3, 0.4) is 0 Å². The number of para-hydroxylation sites is 1. The van der Waals surface area contributed by atoms with E-state index in [9.17, 15) is 4.21 Å². The first-order valence-electron chi connectivity index (χ1n) is 12.9. The van der Waals surface area contributed by atoms with E-state index >= 15 is 0 Å². The number of rotatable bonds is 8. The minimum absolute atomic E-state index is 0.344. The zero-order chi connectivity index (χ0) is 27.7. The third-order valence-corrected chi connectivity index (χ3v) is 9.01. The van der Waals surface area contributed by atoms with Crippen LogP contribution in [-0.4, -0.2) is 69.1 Å². The minimum Gasteiger partial charge on any atom is -0.494 e. The van der Waals surface area contributed by atoms with Crippen LogP contribution in [0.2, 0.25) is 10.0 Å². The van der Waals surface area contributed by atoms with E-state index in [4.69, 9.17) is 32.9 Å². The summed E-state index contributed by atoms with van der Waals surface area (Å²) >= 11 is 13.4. The molecule has 1 fully saturated rings. The van der Waals surface area contributed by atoms with Gasteiger partial charge in [0.2, 0.25) is 5.95 Å². The first kappa shape index (κ1) is 27.7. The van der Waals surface area contributed by atoms with Crippen molar-refractivity contribution in [2.75, 3.05) is 50.3 Å². The van der Waals surface area contributed by atoms with Crippen LogP contribution in [0.5, 0.6) is 5.75 Å². The predicted molar refractivity (Wildman–Crippen MR) is 162 cm³/mol. The number of ether oxygens (including phenoxy) is 1. The van der Waals surface area contributed by atoms with Crippen LogP contribution in [0.25, 0.3) is 22.2 Å². The van der Waals surface area contributed by atoms with Crippen molar-refractivity contribution in [3.63, 3.8) is 0 Å². The second kappa shape index (κ2) is 11.7. The highest BCUT2D eigenvalue weighted by Crippen LogP contribution is 2.40. The van der Waals surface area contributed by atoms with Crippen molar-refractivity contribution in [2.45, 2.75) is 25.8 Å². The minimum atomic E-state index is -1.20. The molecule has 1 saturated heterocycles. The number of anilines is 3. The number of hydrogen-bond donors (Lipinski definition) is 1. The Balaban J connectivity index is 1.46. The summed E-state index contributed by atoms with van der Waals surface area (Å²) in [6.07, 6.45) is 5.56. The van der Waals surface area contributed by atoms with Gasteiger partial charge in [-0.25, -0.2) is 14.2 Å². The van der Waals surface area contributed by atoms with Gasteiger partial charge in [0.1, 0.15) is 16.7 Å². The quantitative estimate of drug-likeness (QED) is 0.262. The van der Waals surface area contributed by atoms with Crippen molar-refractivity contribution in [1.82, 2.24) is 18.8 Å². The lowest BCUT2D eigenvalue weighted by molar-refractivity contribution is 0.249. The van der Waals surface area contributed by atoms with Crippen molar-refractivity contribution in [3.05, 3.63) is 58.8 Å². The van der Waals surface area contributed by atoms with Crippen LogP contribution in [0.15, 0.2) is 48.8 Å². The standard InChI is InChI=1S/C28H32Cl2N6O2S/c1-5-39(37)36-17-20(19-8-6-7-9-24(19)36)27-22(30)16-31-28(33-27)32-23-14-21(29)25(15-26(23)38-4)35-12-10-18(11-13-35)34(2)3/h6-9,14-18H,5,10-13H2,1-4H3,(H,31,32,33). The number of nitrogens with one attached hydrogen (secondary N) is 1. The molecule has 1 N–H and O–H groups in total. The number of piperidine rings is 1. The maximum Gasteiger partial charge on any atom is 0.227 e. The molecule has 2 aromatic heterocycles. The lowest BCUT2D eigenvalue weighted by Gasteiger charge is -2.37. The molecule has 5 rings (SSSR count). The molecule has 4 aromatic rings. The van der Waals surface area contributed by atoms with E-state index in [0.717, 1.165) is 48.1 Å². The number of fused-ring (bicyclic) bond motifs is 1. The number of aromatic nitrogens is 3. The normalized spacial score (nSPS) is 15.2. The molecule has 3 heterocycles. The summed E-state index contributed by atoms with van der Waals surface area (Å²) in [5, 5.41) is 5.19. The highest BCUT2D eigenvalue weighted by Gasteiger charge is 2.24. The third kappa shape index (κ3) is 5.59. The van der Waals surface area contributed by atoms with Gasteiger partial charge < -0.3 is 19.9 Å². The van der Waals surface area contributed by atoms with Crippen molar-refractivity contribution < 1.29 is 8.95 Å². The molecule has 1 atom stereocenters. The number of nitrogens with zero attached hydrogens (tertiary/aromatic N) is 5. The average molecular weight is 588 g/mol. The Kier molecular flexibility index (Phi) is 8.32.